The van der Waals surface area contributed by atoms with Gasteiger partial charge in [-0.15, -0.1) is 0 Å². The first-order valence-corrected chi connectivity index (χ1v) is 6.21. The molecule has 2 rings (SSSR count). The van der Waals surface area contributed by atoms with Crippen LogP contribution in [0.15, 0.2) is 22.7 Å². The lowest BCUT2D eigenvalue weighted by atomic mass is 10.2. The van der Waals surface area contributed by atoms with E-state index in [1.54, 1.807) is 6.92 Å². The maximum absolute atomic E-state index is 12.0. The van der Waals surface area contributed by atoms with Crippen LogP contribution in [-0.2, 0) is 4.74 Å². The van der Waals surface area contributed by atoms with Crippen LogP contribution in [0.25, 0.3) is 0 Å². The van der Waals surface area contributed by atoms with Gasteiger partial charge in [0, 0.05) is 11.1 Å². The van der Waals surface area contributed by atoms with E-state index in [2.05, 4.69) is 10.1 Å². The molecule has 0 unspecified atom stereocenters. The number of nitro groups is 1. The zero-order valence-corrected chi connectivity index (χ0v) is 11.8. The molecule has 0 aliphatic heterocycles. The van der Waals surface area contributed by atoms with E-state index in [9.17, 15) is 14.9 Å². The van der Waals surface area contributed by atoms with Crippen LogP contribution in [0.1, 0.15) is 35.1 Å². The van der Waals surface area contributed by atoms with E-state index in [1.165, 1.54) is 19.1 Å². The highest BCUT2D eigenvalue weighted by Crippen LogP contribution is 2.25. The number of carbonyl (C=O) groups is 1. The fourth-order valence-corrected chi connectivity index (χ4v) is 1.76. The molecule has 0 spiro atoms. The van der Waals surface area contributed by atoms with Gasteiger partial charge < -0.3 is 9.26 Å². The lowest BCUT2D eigenvalue weighted by Crippen LogP contribution is -2.11. The van der Waals surface area contributed by atoms with E-state index in [0.717, 1.165) is 6.07 Å². The van der Waals surface area contributed by atoms with Crippen LogP contribution in [0.4, 0.5) is 5.69 Å². The van der Waals surface area contributed by atoms with Gasteiger partial charge in [-0.2, -0.15) is 4.98 Å². The molecule has 0 aliphatic rings. The summed E-state index contributed by atoms with van der Waals surface area (Å²) in [6.45, 7) is 3.13. The predicted molar refractivity (Wildman–Crippen MR) is 71.0 cm³/mol. The standard InChI is InChI=1S/C12H10ClN3O5/c1-6(11-14-7(2)15-21-11)20-12(17)9-5-8(13)3-4-10(9)16(18)19/h3-6H,1-2H3/t6-/m0/s1. The fraction of sp³-hybridized carbons (Fsp3) is 0.250. The summed E-state index contributed by atoms with van der Waals surface area (Å²) < 4.78 is 9.95. The van der Waals surface area contributed by atoms with Crippen molar-refractivity contribution in [2.75, 3.05) is 0 Å². The molecule has 1 atom stereocenters. The molecule has 0 amide bonds. The molecule has 1 heterocycles. The Kier molecular flexibility index (Phi) is 4.18. The van der Waals surface area contributed by atoms with Crippen molar-refractivity contribution in [1.82, 2.24) is 10.1 Å². The average Bonchev–Trinajstić information content (AvgIpc) is 2.85. The van der Waals surface area contributed by atoms with Gasteiger partial charge in [0.15, 0.2) is 11.9 Å². The Morgan fingerprint density at radius 2 is 2.24 bits per heavy atom. The van der Waals surface area contributed by atoms with E-state index < -0.39 is 22.7 Å². The predicted octanol–water partition coefficient (Wildman–Crippen LogP) is 2.86. The second-order valence-corrected chi connectivity index (χ2v) is 4.58. The van der Waals surface area contributed by atoms with Gasteiger partial charge in [0.05, 0.1) is 4.92 Å². The van der Waals surface area contributed by atoms with Crippen molar-refractivity contribution in [2.24, 2.45) is 0 Å². The molecule has 1 aromatic heterocycles. The summed E-state index contributed by atoms with van der Waals surface area (Å²) in [5, 5.41) is 14.7. The molecule has 0 saturated heterocycles. The average molecular weight is 312 g/mol. The maximum atomic E-state index is 12.0. The number of aryl methyl sites for hydroxylation is 1. The molecule has 9 heteroatoms. The molecule has 0 N–H and O–H groups in total. The van der Waals surface area contributed by atoms with E-state index in [1.807, 2.05) is 0 Å². The highest BCUT2D eigenvalue weighted by molar-refractivity contribution is 6.31. The molecular weight excluding hydrogens is 302 g/mol. The number of ether oxygens (including phenoxy) is 1. The fourth-order valence-electron chi connectivity index (χ4n) is 1.58. The van der Waals surface area contributed by atoms with Gasteiger partial charge in [-0.25, -0.2) is 4.79 Å². The van der Waals surface area contributed by atoms with Gasteiger partial charge in [0.1, 0.15) is 5.56 Å². The van der Waals surface area contributed by atoms with Crippen LogP contribution >= 0.6 is 11.6 Å². The van der Waals surface area contributed by atoms with Gasteiger partial charge >= 0.3 is 5.97 Å². The smallest absolute Gasteiger partial charge is 0.345 e. The molecule has 0 fully saturated rings. The molecule has 21 heavy (non-hydrogen) atoms. The number of nitro benzene ring substituents is 1. The number of halogens is 1. The molecule has 0 aliphatic carbocycles. The third-order valence-corrected chi connectivity index (χ3v) is 2.79. The van der Waals surface area contributed by atoms with E-state index in [4.69, 9.17) is 20.9 Å². The SMILES string of the molecule is Cc1noc([C@H](C)OC(=O)c2cc(Cl)ccc2[N+](=O)[O-])n1. The Balaban J connectivity index is 2.24. The zero-order chi connectivity index (χ0) is 15.6. The number of benzene rings is 1. The minimum atomic E-state index is -0.896. The van der Waals surface area contributed by atoms with Gasteiger partial charge in [-0.05, 0) is 26.0 Å². The summed E-state index contributed by atoms with van der Waals surface area (Å²) in [7, 11) is 0. The molecule has 110 valence electrons. The summed E-state index contributed by atoms with van der Waals surface area (Å²) in [5.74, 6) is -0.403. The molecule has 0 radical (unpaired) electrons. The first-order valence-electron chi connectivity index (χ1n) is 5.83. The summed E-state index contributed by atoms with van der Waals surface area (Å²) >= 11 is 5.75. The third kappa shape index (κ3) is 3.34. The minimum absolute atomic E-state index is 0.102. The van der Waals surface area contributed by atoms with Gasteiger partial charge in [-0.1, -0.05) is 16.8 Å². The second-order valence-electron chi connectivity index (χ2n) is 4.15. The molecular formula is C12H10ClN3O5. The van der Waals surface area contributed by atoms with Crippen molar-refractivity contribution in [3.8, 4) is 0 Å². The maximum Gasteiger partial charge on any atom is 0.345 e. The monoisotopic (exact) mass is 311 g/mol. The largest absolute Gasteiger partial charge is 0.449 e. The van der Waals surface area contributed by atoms with Crippen molar-refractivity contribution in [3.05, 3.63) is 50.6 Å². The number of hydrogen-bond acceptors (Lipinski definition) is 7. The number of rotatable bonds is 4. The van der Waals surface area contributed by atoms with Gasteiger partial charge in [0.25, 0.3) is 11.6 Å². The van der Waals surface area contributed by atoms with Gasteiger partial charge in [-0.3, -0.25) is 10.1 Å². The number of esters is 1. The molecule has 2 aromatic rings. The van der Waals surface area contributed by atoms with Crippen molar-refractivity contribution < 1.29 is 19.0 Å². The van der Waals surface area contributed by atoms with Crippen molar-refractivity contribution in [1.29, 1.82) is 0 Å². The highest BCUT2D eigenvalue weighted by atomic mass is 35.5. The molecule has 1 aromatic carbocycles. The Labute approximate surface area is 123 Å². The third-order valence-electron chi connectivity index (χ3n) is 2.55. The van der Waals surface area contributed by atoms with Crippen LogP contribution in [0, 0.1) is 17.0 Å². The van der Waals surface area contributed by atoms with Crippen LogP contribution in [0.3, 0.4) is 0 Å². The quantitative estimate of drug-likeness (QED) is 0.485. The Bertz CT molecular complexity index is 700. The van der Waals surface area contributed by atoms with E-state index in [0.29, 0.717) is 5.82 Å². The normalized spacial score (nSPS) is 12.0. The lowest BCUT2D eigenvalue weighted by Gasteiger charge is -2.09. The number of hydrogen-bond donors (Lipinski definition) is 0. The van der Waals surface area contributed by atoms with E-state index in [-0.39, 0.29) is 16.5 Å². The minimum Gasteiger partial charge on any atom is -0.449 e. The highest BCUT2D eigenvalue weighted by Gasteiger charge is 2.25. The van der Waals surface area contributed by atoms with E-state index >= 15 is 0 Å². The Morgan fingerprint density at radius 1 is 1.52 bits per heavy atom. The summed E-state index contributed by atoms with van der Waals surface area (Å²) in [5.41, 5.74) is -0.631. The van der Waals surface area contributed by atoms with Crippen molar-refractivity contribution in [3.63, 3.8) is 0 Å². The van der Waals surface area contributed by atoms with Crippen LogP contribution in [-0.4, -0.2) is 21.0 Å². The van der Waals surface area contributed by atoms with Crippen LogP contribution in [0.2, 0.25) is 5.02 Å². The second kappa shape index (κ2) is 5.88. The van der Waals surface area contributed by atoms with Crippen molar-refractivity contribution >= 4 is 23.3 Å². The van der Waals surface area contributed by atoms with Crippen molar-refractivity contribution in [2.45, 2.75) is 20.0 Å². The molecule has 8 nitrogen and oxygen atoms in total. The summed E-state index contributed by atoms with van der Waals surface area (Å²) in [6, 6.07) is 3.63. The first kappa shape index (κ1) is 14.9. The molecule has 0 bridgehead atoms. The zero-order valence-electron chi connectivity index (χ0n) is 11.1. The first-order chi connectivity index (χ1) is 9.88. The number of nitrogens with zero attached hydrogens (tertiary/aromatic N) is 3. The van der Waals surface area contributed by atoms with Crippen LogP contribution < -0.4 is 0 Å². The molecule has 0 saturated carbocycles. The summed E-state index contributed by atoms with van der Waals surface area (Å²) in [4.78, 5) is 26.2. The van der Waals surface area contributed by atoms with Crippen LogP contribution in [0.5, 0.6) is 0 Å². The number of carbonyl (C=O) groups excluding carboxylic acids is 1. The summed E-state index contributed by atoms with van der Waals surface area (Å²) in [6.07, 6.45) is -0.836. The topological polar surface area (TPSA) is 108 Å². The van der Waals surface area contributed by atoms with Gasteiger partial charge in [0.2, 0.25) is 0 Å². The lowest BCUT2D eigenvalue weighted by molar-refractivity contribution is -0.385. The Morgan fingerprint density at radius 3 is 2.81 bits per heavy atom. The Hall–Kier alpha value is -2.48. The number of aromatic nitrogens is 2.